The molecule has 0 amide bonds. The molecule has 3 heteroatoms. The first-order valence-corrected chi connectivity index (χ1v) is 3.50. The van der Waals surface area contributed by atoms with Crippen LogP contribution in [0.15, 0.2) is 18.3 Å². The first kappa shape index (κ1) is 8.23. The van der Waals surface area contributed by atoms with Crippen molar-refractivity contribution in [1.82, 2.24) is 4.98 Å². The molecule has 0 aliphatic heterocycles. The lowest BCUT2D eigenvalue weighted by Crippen LogP contribution is -1.98. The Hall–Kier alpha value is -1.87. The van der Waals surface area contributed by atoms with Crippen LogP contribution in [0.5, 0.6) is 0 Å². The molecule has 0 atom stereocenters. The molecule has 3 nitrogen and oxygen atoms in total. The lowest BCUT2D eigenvalue weighted by Gasteiger charge is -2.01. The topological polar surface area (TPSA) is 60.5 Å². The molecule has 0 fully saturated rings. The van der Waals surface area contributed by atoms with Crippen molar-refractivity contribution in [3.05, 3.63) is 29.6 Å². The second kappa shape index (κ2) is 3.50. The molecule has 0 unspecified atom stereocenters. The molecule has 0 bridgehead atoms. The number of hydrogen-bond donors (Lipinski definition) is 0. The van der Waals surface area contributed by atoms with Gasteiger partial charge in [0.05, 0.1) is 17.8 Å². The summed E-state index contributed by atoms with van der Waals surface area (Å²) >= 11 is 0. The number of pyridine rings is 1. The largest absolute Gasteiger partial charge is 0.258 e. The third-order valence-corrected chi connectivity index (χ3v) is 1.58. The average molecular weight is 157 g/mol. The van der Waals surface area contributed by atoms with E-state index in [0.717, 1.165) is 5.56 Å². The highest BCUT2D eigenvalue weighted by molar-refractivity contribution is 5.31. The molecule has 1 aromatic heterocycles. The van der Waals surface area contributed by atoms with E-state index in [4.69, 9.17) is 10.5 Å². The Morgan fingerprint density at radius 3 is 2.58 bits per heavy atom. The molecule has 1 heterocycles. The van der Waals surface area contributed by atoms with E-state index in [0.29, 0.717) is 5.69 Å². The van der Waals surface area contributed by atoms with E-state index in [1.165, 1.54) is 0 Å². The van der Waals surface area contributed by atoms with Crippen LogP contribution in [0, 0.1) is 29.6 Å². The maximum atomic E-state index is 8.59. The summed E-state index contributed by atoms with van der Waals surface area (Å²) in [6, 6.07) is 7.39. The van der Waals surface area contributed by atoms with E-state index in [2.05, 4.69) is 4.98 Å². The van der Waals surface area contributed by atoms with E-state index in [-0.39, 0.29) is 0 Å². The minimum absolute atomic E-state index is 0.558. The highest BCUT2D eigenvalue weighted by Gasteiger charge is 2.11. The first-order chi connectivity index (χ1) is 5.79. The minimum atomic E-state index is -0.744. The first-order valence-electron chi connectivity index (χ1n) is 3.50. The van der Waals surface area contributed by atoms with Crippen LogP contribution in [-0.2, 0) is 0 Å². The molecule has 58 valence electrons. The molecule has 0 saturated heterocycles. The van der Waals surface area contributed by atoms with Gasteiger partial charge in [-0.3, -0.25) is 4.98 Å². The summed E-state index contributed by atoms with van der Waals surface area (Å²) in [7, 11) is 0. The molecule has 0 aliphatic carbocycles. The van der Waals surface area contributed by atoms with Gasteiger partial charge in [0, 0.05) is 6.20 Å². The fraction of sp³-hybridized carbons (Fsp3) is 0.222. The number of rotatable bonds is 1. The highest BCUT2D eigenvalue weighted by Crippen LogP contribution is 2.14. The lowest BCUT2D eigenvalue weighted by molar-refractivity contribution is 0.989. The van der Waals surface area contributed by atoms with Crippen LogP contribution in [0.4, 0.5) is 0 Å². The van der Waals surface area contributed by atoms with Gasteiger partial charge < -0.3 is 0 Å². The minimum Gasteiger partial charge on any atom is -0.258 e. The number of aryl methyl sites for hydroxylation is 1. The predicted octanol–water partition coefficient (Wildman–Crippen LogP) is 1.52. The molecule has 0 aliphatic rings. The number of hydrogen-bond acceptors (Lipinski definition) is 3. The quantitative estimate of drug-likeness (QED) is 0.620. The van der Waals surface area contributed by atoms with Gasteiger partial charge in [0.1, 0.15) is 0 Å². The van der Waals surface area contributed by atoms with Gasteiger partial charge >= 0.3 is 0 Å². The Labute approximate surface area is 70.9 Å². The van der Waals surface area contributed by atoms with Crippen LogP contribution in [-0.4, -0.2) is 4.98 Å². The third-order valence-electron chi connectivity index (χ3n) is 1.58. The van der Waals surface area contributed by atoms with Crippen LogP contribution in [0.25, 0.3) is 0 Å². The van der Waals surface area contributed by atoms with Crippen LogP contribution < -0.4 is 0 Å². The zero-order valence-corrected chi connectivity index (χ0v) is 6.65. The summed E-state index contributed by atoms with van der Waals surface area (Å²) in [5.74, 6) is -0.744. The lowest BCUT2D eigenvalue weighted by atomic mass is 10.0. The molecule has 0 N–H and O–H groups in total. The number of nitrogens with zero attached hydrogens (tertiary/aromatic N) is 3. The van der Waals surface area contributed by atoms with Crippen molar-refractivity contribution in [1.29, 1.82) is 10.5 Å². The molecule has 0 spiro atoms. The van der Waals surface area contributed by atoms with Gasteiger partial charge in [0.25, 0.3) is 0 Å². The smallest absolute Gasteiger partial charge is 0.175 e. The standard InChI is InChI=1S/C9H7N3/c1-7-3-2-4-12-9(7)8(5-10)6-11/h2-4,8H,1H3. The van der Waals surface area contributed by atoms with E-state index in [9.17, 15) is 0 Å². The van der Waals surface area contributed by atoms with Crippen molar-refractivity contribution in [2.45, 2.75) is 12.8 Å². The molecular formula is C9H7N3. The van der Waals surface area contributed by atoms with Crippen molar-refractivity contribution in [2.75, 3.05) is 0 Å². The second-order valence-electron chi connectivity index (χ2n) is 2.40. The molecule has 1 aromatic rings. The summed E-state index contributed by atoms with van der Waals surface area (Å²) in [5.41, 5.74) is 1.44. The van der Waals surface area contributed by atoms with Gasteiger partial charge in [0.15, 0.2) is 5.92 Å². The molecular weight excluding hydrogens is 150 g/mol. The second-order valence-corrected chi connectivity index (χ2v) is 2.40. The SMILES string of the molecule is Cc1cccnc1C(C#N)C#N. The Bertz CT molecular complexity index is 343. The monoisotopic (exact) mass is 157 g/mol. The van der Waals surface area contributed by atoms with Crippen LogP contribution in [0.1, 0.15) is 17.2 Å². The Morgan fingerprint density at radius 1 is 1.42 bits per heavy atom. The van der Waals surface area contributed by atoms with Gasteiger partial charge in [-0.25, -0.2) is 0 Å². The van der Waals surface area contributed by atoms with Gasteiger partial charge in [-0.1, -0.05) is 6.07 Å². The van der Waals surface area contributed by atoms with Crippen molar-refractivity contribution in [3.63, 3.8) is 0 Å². The zero-order valence-electron chi connectivity index (χ0n) is 6.65. The van der Waals surface area contributed by atoms with Crippen LogP contribution >= 0.6 is 0 Å². The van der Waals surface area contributed by atoms with Crippen molar-refractivity contribution in [3.8, 4) is 12.1 Å². The van der Waals surface area contributed by atoms with Gasteiger partial charge in [0.2, 0.25) is 0 Å². The van der Waals surface area contributed by atoms with Gasteiger partial charge in [-0.2, -0.15) is 10.5 Å². The molecule has 0 radical (unpaired) electrons. The van der Waals surface area contributed by atoms with Crippen molar-refractivity contribution < 1.29 is 0 Å². The molecule has 0 aromatic carbocycles. The normalized spacial score (nSPS) is 9.00. The predicted molar refractivity (Wildman–Crippen MR) is 42.9 cm³/mol. The molecule has 1 rings (SSSR count). The summed E-state index contributed by atoms with van der Waals surface area (Å²) in [4.78, 5) is 3.98. The van der Waals surface area contributed by atoms with E-state index in [1.807, 2.05) is 25.1 Å². The Morgan fingerprint density at radius 2 is 2.08 bits per heavy atom. The number of nitriles is 2. The fourth-order valence-electron chi connectivity index (χ4n) is 0.951. The summed E-state index contributed by atoms with van der Waals surface area (Å²) < 4.78 is 0. The third kappa shape index (κ3) is 1.41. The van der Waals surface area contributed by atoms with Gasteiger partial charge in [-0.05, 0) is 18.6 Å². The van der Waals surface area contributed by atoms with E-state index < -0.39 is 5.92 Å². The van der Waals surface area contributed by atoms with E-state index in [1.54, 1.807) is 12.3 Å². The summed E-state index contributed by atoms with van der Waals surface area (Å²) in [6.07, 6.45) is 1.59. The maximum Gasteiger partial charge on any atom is 0.175 e. The zero-order chi connectivity index (χ0) is 8.97. The summed E-state index contributed by atoms with van der Waals surface area (Å²) in [5, 5.41) is 17.2. The maximum absolute atomic E-state index is 8.59. The van der Waals surface area contributed by atoms with Crippen LogP contribution in [0.2, 0.25) is 0 Å². The summed E-state index contributed by atoms with van der Waals surface area (Å²) in [6.45, 7) is 1.84. The van der Waals surface area contributed by atoms with Gasteiger partial charge in [-0.15, -0.1) is 0 Å². The fourth-order valence-corrected chi connectivity index (χ4v) is 0.951. The molecule has 0 saturated carbocycles. The Kier molecular flexibility index (Phi) is 2.40. The van der Waals surface area contributed by atoms with Crippen molar-refractivity contribution >= 4 is 0 Å². The Balaban J connectivity index is 3.13. The average Bonchev–Trinajstić information content (AvgIpc) is 2.10. The molecule has 12 heavy (non-hydrogen) atoms. The van der Waals surface area contributed by atoms with E-state index >= 15 is 0 Å². The highest BCUT2D eigenvalue weighted by atomic mass is 14.7. The number of aromatic nitrogens is 1. The van der Waals surface area contributed by atoms with Crippen molar-refractivity contribution in [2.24, 2.45) is 0 Å². The van der Waals surface area contributed by atoms with Crippen LogP contribution in [0.3, 0.4) is 0 Å².